The van der Waals surface area contributed by atoms with Crippen molar-refractivity contribution in [1.29, 1.82) is 0 Å². The summed E-state index contributed by atoms with van der Waals surface area (Å²) in [5.41, 5.74) is -0.996. The molecule has 148 valence electrons. The molecule has 11 heteroatoms. The van der Waals surface area contributed by atoms with E-state index < -0.39 is 17.6 Å². The predicted octanol–water partition coefficient (Wildman–Crippen LogP) is 4.96. The van der Waals surface area contributed by atoms with Gasteiger partial charge in [-0.2, -0.15) is 13.2 Å². The van der Waals surface area contributed by atoms with Gasteiger partial charge in [0, 0.05) is 6.54 Å². The number of furan rings is 1. The van der Waals surface area contributed by atoms with Crippen LogP contribution in [0.25, 0.3) is 11.6 Å². The number of nitrogens with one attached hydrogen (secondary N) is 1. The van der Waals surface area contributed by atoms with Crippen molar-refractivity contribution in [2.24, 2.45) is 0 Å². The Morgan fingerprint density at radius 3 is 2.75 bits per heavy atom. The van der Waals surface area contributed by atoms with Crippen LogP contribution >= 0.6 is 23.4 Å². The van der Waals surface area contributed by atoms with Crippen LogP contribution in [-0.2, 0) is 17.5 Å². The Balaban J connectivity index is 1.69. The average Bonchev–Trinajstić information content (AvgIpc) is 3.29. The molecule has 0 radical (unpaired) electrons. The SMILES string of the molecule is CCn1c(SCC(=O)Nc2cc(C(F)(F)F)ccc2Cl)nnc1-c1ccco1. The quantitative estimate of drug-likeness (QED) is 0.559. The van der Waals surface area contributed by atoms with E-state index in [2.05, 4.69) is 15.5 Å². The van der Waals surface area contributed by atoms with Crippen LogP contribution in [0, 0.1) is 0 Å². The third-order valence-electron chi connectivity index (χ3n) is 3.67. The number of benzene rings is 1. The number of anilines is 1. The fourth-order valence-corrected chi connectivity index (χ4v) is 3.35. The smallest absolute Gasteiger partial charge is 0.416 e. The first kappa shape index (κ1) is 20.3. The van der Waals surface area contributed by atoms with Gasteiger partial charge in [-0.1, -0.05) is 23.4 Å². The maximum Gasteiger partial charge on any atom is 0.416 e. The average molecular weight is 431 g/mol. The summed E-state index contributed by atoms with van der Waals surface area (Å²) in [4.78, 5) is 12.2. The minimum absolute atomic E-state index is 0.0168. The maximum absolute atomic E-state index is 12.8. The van der Waals surface area contributed by atoms with Gasteiger partial charge in [0.2, 0.25) is 5.91 Å². The summed E-state index contributed by atoms with van der Waals surface area (Å²) in [6.07, 6.45) is -3.01. The van der Waals surface area contributed by atoms with Crippen molar-refractivity contribution >= 4 is 35.0 Å². The van der Waals surface area contributed by atoms with Crippen molar-refractivity contribution in [3.8, 4) is 11.6 Å². The van der Waals surface area contributed by atoms with Gasteiger partial charge in [-0.25, -0.2) is 0 Å². The van der Waals surface area contributed by atoms with Crippen LogP contribution in [0.5, 0.6) is 0 Å². The Labute approximate surface area is 167 Å². The fraction of sp³-hybridized carbons (Fsp3) is 0.235. The predicted molar refractivity (Wildman–Crippen MR) is 99.2 cm³/mol. The van der Waals surface area contributed by atoms with Crippen LogP contribution < -0.4 is 5.32 Å². The Hall–Kier alpha value is -2.46. The fourth-order valence-electron chi connectivity index (χ4n) is 2.38. The molecule has 2 heterocycles. The Kier molecular flexibility index (Phi) is 5.99. The zero-order valence-electron chi connectivity index (χ0n) is 14.5. The van der Waals surface area contributed by atoms with Crippen LogP contribution in [-0.4, -0.2) is 26.4 Å². The number of aromatic nitrogens is 3. The summed E-state index contributed by atoms with van der Waals surface area (Å²) in [7, 11) is 0. The molecule has 0 spiro atoms. The van der Waals surface area contributed by atoms with Crippen LogP contribution in [0.1, 0.15) is 12.5 Å². The largest absolute Gasteiger partial charge is 0.461 e. The molecule has 6 nitrogen and oxygen atoms in total. The summed E-state index contributed by atoms with van der Waals surface area (Å²) in [5.74, 6) is 0.470. The Morgan fingerprint density at radius 2 is 2.11 bits per heavy atom. The number of carbonyl (C=O) groups excluding carboxylic acids is 1. The van der Waals surface area contributed by atoms with Crippen molar-refractivity contribution in [3.63, 3.8) is 0 Å². The molecule has 0 fully saturated rings. The monoisotopic (exact) mass is 430 g/mol. The van der Waals surface area contributed by atoms with Gasteiger partial charge >= 0.3 is 6.18 Å². The first-order valence-electron chi connectivity index (χ1n) is 8.06. The van der Waals surface area contributed by atoms with E-state index >= 15 is 0 Å². The topological polar surface area (TPSA) is 73.0 Å². The number of nitrogens with zero attached hydrogens (tertiary/aromatic N) is 3. The second kappa shape index (κ2) is 8.27. The molecule has 1 aromatic carbocycles. The minimum atomic E-state index is -4.53. The minimum Gasteiger partial charge on any atom is -0.461 e. The molecular formula is C17H14ClF3N4O2S. The Bertz CT molecular complexity index is 973. The lowest BCUT2D eigenvalue weighted by Gasteiger charge is -2.11. The highest BCUT2D eigenvalue weighted by atomic mass is 35.5. The summed E-state index contributed by atoms with van der Waals surface area (Å²) in [6.45, 7) is 2.44. The molecule has 0 saturated heterocycles. The maximum atomic E-state index is 12.8. The normalized spacial score (nSPS) is 11.6. The van der Waals surface area contributed by atoms with E-state index in [-0.39, 0.29) is 16.5 Å². The number of carbonyl (C=O) groups is 1. The van der Waals surface area contributed by atoms with Gasteiger partial charge in [0.15, 0.2) is 16.7 Å². The van der Waals surface area contributed by atoms with Gasteiger partial charge in [-0.05, 0) is 37.3 Å². The third-order valence-corrected chi connectivity index (χ3v) is 4.97. The van der Waals surface area contributed by atoms with E-state index in [1.165, 1.54) is 6.26 Å². The molecule has 0 atom stereocenters. The molecule has 0 unspecified atom stereocenters. The van der Waals surface area contributed by atoms with Crippen molar-refractivity contribution < 1.29 is 22.4 Å². The van der Waals surface area contributed by atoms with E-state index in [1.54, 1.807) is 16.7 Å². The van der Waals surface area contributed by atoms with E-state index in [0.29, 0.717) is 23.3 Å². The van der Waals surface area contributed by atoms with E-state index in [9.17, 15) is 18.0 Å². The van der Waals surface area contributed by atoms with Gasteiger partial charge in [0.1, 0.15) is 0 Å². The van der Waals surface area contributed by atoms with Gasteiger partial charge < -0.3 is 9.73 Å². The number of rotatable bonds is 6. The van der Waals surface area contributed by atoms with Gasteiger partial charge in [0.05, 0.1) is 28.3 Å². The van der Waals surface area contributed by atoms with Crippen molar-refractivity contribution in [3.05, 3.63) is 47.2 Å². The van der Waals surface area contributed by atoms with Crippen LogP contribution in [0.2, 0.25) is 5.02 Å². The van der Waals surface area contributed by atoms with E-state index in [4.69, 9.17) is 16.0 Å². The highest BCUT2D eigenvalue weighted by molar-refractivity contribution is 7.99. The molecule has 28 heavy (non-hydrogen) atoms. The molecule has 3 aromatic rings. The first-order valence-corrected chi connectivity index (χ1v) is 9.42. The first-order chi connectivity index (χ1) is 13.3. The summed E-state index contributed by atoms with van der Waals surface area (Å²) < 4.78 is 45.6. The van der Waals surface area contributed by atoms with Crippen LogP contribution in [0.15, 0.2) is 46.2 Å². The highest BCUT2D eigenvalue weighted by Gasteiger charge is 2.31. The zero-order valence-corrected chi connectivity index (χ0v) is 16.0. The molecule has 2 aromatic heterocycles. The second-order valence-corrected chi connectivity index (χ2v) is 6.91. The molecule has 1 amide bonds. The lowest BCUT2D eigenvalue weighted by atomic mass is 10.2. The molecule has 1 N–H and O–H groups in total. The second-order valence-electron chi connectivity index (χ2n) is 5.56. The third kappa shape index (κ3) is 4.50. The lowest BCUT2D eigenvalue weighted by molar-refractivity contribution is -0.137. The number of alkyl halides is 3. The highest BCUT2D eigenvalue weighted by Crippen LogP contribution is 2.34. The molecule has 0 saturated carbocycles. The number of thioether (sulfide) groups is 1. The van der Waals surface area contributed by atoms with Gasteiger partial charge in [-0.3, -0.25) is 9.36 Å². The van der Waals surface area contributed by atoms with E-state index in [0.717, 1.165) is 30.0 Å². The lowest BCUT2D eigenvalue weighted by Crippen LogP contribution is -2.16. The van der Waals surface area contributed by atoms with Crippen molar-refractivity contribution in [1.82, 2.24) is 14.8 Å². The summed E-state index contributed by atoms with van der Waals surface area (Å²) >= 11 is 6.99. The summed E-state index contributed by atoms with van der Waals surface area (Å²) in [5, 5.41) is 11.0. The summed E-state index contributed by atoms with van der Waals surface area (Å²) in [6, 6.07) is 6.22. The van der Waals surface area contributed by atoms with Gasteiger partial charge in [-0.15, -0.1) is 10.2 Å². The number of hydrogen-bond donors (Lipinski definition) is 1. The van der Waals surface area contributed by atoms with Crippen LogP contribution in [0.3, 0.4) is 0 Å². The molecule has 0 aliphatic rings. The van der Waals surface area contributed by atoms with E-state index in [1.807, 2.05) is 6.92 Å². The molecule has 3 rings (SSSR count). The van der Waals surface area contributed by atoms with Crippen molar-refractivity contribution in [2.75, 3.05) is 11.1 Å². The molecule has 0 bridgehead atoms. The van der Waals surface area contributed by atoms with Crippen molar-refractivity contribution in [2.45, 2.75) is 24.8 Å². The molecule has 0 aliphatic heterocycles. The number of amides is 1. The van der Waals surface area contributed by atoms with Gasteiger partial charge in [0.25, 0.3) is 0 Å². The number of halogens is 4. The molecule has 0 aliphatic carbocycles. The van der Waals surface area contributed by atoms with Crippen LogP contribution in [0.4, 0.5) is 18.9 Å². The molecular weight excluding hydrogens is 417 g/mol. The number of hydrogen-bond acceptors (Lipinski definition) is 5. The Morgan fingerprint density at radius 1 is 1.32 bits per heavy atom. The standard InChI is InChI=1S/C17H14ClF3N4O2S/c1-2-25-15(13-4-3-7-27-13)23-24-16(25)28-9-14(26)22-12-8-10(17(19,20)21)5-6-11(12)18/h3-8H,2,9H2,1H3,(H,22,26). The zero-order chi connectivity index (χ0) is 20.3.